The zero-order valence-corrected chi connectivity index (χ0v) is 11.5. The van der Waals surface area contributed by atoms with Crippen molar-refractivity contribution in [3.63, 3.8) is 0 Å². The van der Waals surface area contributed by atoms with Crippen molar-refractivity contribution < 1.29 is 4.74 Å². The molecule has 0 saturated heterocycles. The SMILES string of the molecule is CCNC(COc1ccccc1)Cc1ccn(C)n1. The van der Waals surface area contributed by atoms with Crippen LogP contribution in [0.5, 0.6) is 5.75 Å². The third kappa shape index (κ3) is 4.41. The van der Waals surface area contributed by atoms with E-state index in [1.165, 1.54) is 0 Å². The molecule has 1 atom stereocenters. The summed E-state index contributed by atoms with van der Waals surface area (Å²) in [7, 11) is 1.94. The van der Waals surface area contributed by atoms with E-state index >= 15 is 0 Å². The predicted molar refractivity (Wildman–Crippen MR) is 76.3 cm³/mol. The summed E-state index contributed by atoms with van der Waals surface area (Å²) >= 11 is 0. The van der Waals surface area contributed by atoms with Crippen LogP contribution in [0.25, 0.3) is 0 Å². The van der Waals surface area contributed by atoms with Crippen molar-refractivity contribution in [2.75, 3.05) is 13.2 Å². The fourth-order valence-corrected chi connectivity index (χ4v) is 2.02. The van der Waals surface area contributed by atoms with Crippen LogP contribution >= 0.6 is 0 Å². The molecule has 2 aromatic rings. The highest BCUT2D eigenvalue weighted by molar-refractivity contribution is 5.21. The number of ether oxygens (including phenoxy) is 1. The first-order valence-electron chi connectivity index (χ1n) is 6.67. The summed E-state index contributed by atoms with van der Waals surface area (Å²) < 4.78 is 7.63. The molecule has 1 aromatic heterocycles. The molecule has 1 unspecified atom stereocenters. The van der Waals surface area contributed by atoms with Gasteiger partial charge in [0.1, 0.15) is 12.4 Å². The van der Waals surface area contributed by atoms with Gasteiger partial charge in [0.25, 0.3) is 0 Å². The van der Waals surface area contributed by atoms with Gasteiger partial charge in [-0.1, -0.05) is 25.1 Å². The van der Waals surface area contributed by atoms with E-state index in [-0.39, 0.29) is 6.04 Å². The Morgan fingerprint density at radius 1 is 1.26 bits per heavy atom. The van der Waals surface area contributed by atoms with Gasteiger partial charge in [0.2, 0.25) is 0 Å². The van der Waals surface area contributed by atoms with Crippen molar-refractivity contribution in [1.29, 1.82) is 0 Å². The maximum atomic E-state index is 5.80. The fourth-order valence-electron chi connectivity index (χ4n) is 2.02. The normalized spacial score (nSPS) is 12.3. The highest BCUT2D eigenvalue weighted by Crippen LogP contribution is 2.09. The molecule has 19 heavy (non-hydrogen) atoms. The van der Waals surface area contributed by atoms with Crippen LogP contribution < -0.4 is 10.1 Å². The Morgan fingerprint density at radius 2 is 2.05 bits per heavy atom. The molecule has 2 rings (SSSR count). The molecular formula is C15H21N3O. The van der Waals surface area contributed by atoms with Crippen LogP contribution in [0.1, 0.15) is 12.6 Å². The Labute approximate surface area is 114 Å². The van der Waals surface area contributed by atoms with Gasteiger partial charge >= 0.3 is 0 Å². The van der Waals surface area contributed by atoms with E-state index < -0.39 is 0 Å². The van der Waals surface area contributed by atoms with Crippen molar-refractivity contribution in [3.8, 4) is 5.75 Å². The highest BCUT2D eigenvalue weighted by Gasteiger charge is 2.11. The van der Waals surface area contributed by atoms with Crippen LogP contribution in [-0.2, 0) is 13.5 Å². The molecule has 4 heteroatoms. The van der Waals surface area contributed by atoms with Gasteiger partial charge in [0, 0.05) is 25.7 Å². The molecule has 4 nitrogen and oxygen atoms in total. The number of nitrogens with zero attached hydrogens (tertiary/aromatic N) is 2. The summed E-state index contributed by atoms with van der Waals surface area (Å²) in [6.45, 7) is 3.68. The molecule has 1 N–H and O–H groups in total. The first kappa shape index (κ1) is 13.6. The summed E-state index contributed by atoms with van der Waals surface area (Å²) in [6, 6.07) is 12.2. The average molecular weight is 259 g/mol. The molecule has 102 valence electrons. The van der Waals surface area contributed by atoms with Crippen molar-refractivity contribution in [1.82, 2.24) is 15.1 Å². The summed E-state index contributed by atoms with van der Waals surface area (Å²) in [5, 5.41) is 7.85. The molecule has 0 amide bonds. The third-order valence-electron chi connectivity index (χ3n) is 2.91. The van der Waals surface area contributed by atoms with E-state index in [0.717, 1.165) is 24.4 Å². The van der Waals surface area contributed by atoms with Gasteiger partial charge in [-0.3, -0.25) is 4.68 Å². The zero-order chi connectivity index (χ0) is 13.5. The lowest BCUT2D eigenvalue weighted by Gasteiger charge is -2.17. The van der Waals surface area contributed by atoms with Crippen LogP contribution in [0, 0.1) is 0 Å². The number of hydrogen-bond acceptors (Lipinski definition) is 3. The van der Waals surface area contributed by atoms with E-state index in [2.05, 4.69) is 17.3 Å². The number of benzene rings is 1. The first-order chi connectivity index (χ1) is 9.28. The Morgan fingerprint density at radius 3 is 2.68 bits per heavy atom. The summed E-state index contributed by atoms with van der Waals surface area (Å²) in [5.41, 5.74) is 1.09. The molecule has 0 aliphatic heterocycles. The monoisotopic (exact) mass is 259 g/mol. The topological polar surface area (TPSA) is 39.1 Å². The lowest BCUT2D eigenvalue weighted by molar-refractivity contribution is 0.264. The van der Waals surface area contributed by atoms with Gasteiger partial charge in [-0.2, -0.15) is 5.10 Å². The van der Waals surface area contributed by atoms with Crippen molar-refractivity contribution >= 4 is 0 Å². The number of para-hydroxylation sites is 1. The Hall–Kier alpha value is -1.81. The van der Waals surface area contributed by atoms with Gasteiger partial charge in [0.05, 0.1) is 5.69 Å². The maximum absolute atomic E-state index is 5.80. The van der Waals surface area contributed by atoms with Gasteiger partial charge in [-0.25, -0.2) is 0 Å². The number of rotatable bonds is 7. The number of aryl methyl sites for hydroxylation is 1. The average Bonchev–Trinajstić information content (AvgIpc) is 2.83. The summed E-state index contributed by atoms with van der Waals surface area (Å²) in [5.74, 6) is 0.909. The molecule has 0 spiro atoms. The standard InChI is InChI=1S/C15H21N3O/c1-3-16-14(11-13-9-10-18(2)17-13)12-19-15-7-5-4-6-8-15/h4-10,14,16H,3,11-12H2,1-2H3. The van der Waals surface area contributed by atoms with E-state index in [1.807, 2.05) is 54.3 Å². The van der Waals surface area contributed by atoms with Crippen LogP contribution in [-0.4, -0.2) is 29.0 Å². The molecule has 0 aliphatic carbocycles. The quantitative estimate of drug-likeness (QED) is 0.827. The second-order valence-electron chi connectivity index (χ2n) is 4.56. The van der Waals surface area contributed by atoms with E-state index in [1.54, 1.807) is 0 Å². The van der Waals surface area contributed by atoms with Gasteiger partial charge in [0.15, 0.2) is 0 Å². The molecule has 0 saturated carbocycles. The van der Waals surface area contributed by atoms with Crippen LogP contribution in [0.4, 0.5) is 0 Å². The fraction of sp³-hybridized carbons (Fsp3) is 0.400. The van der Waals surface area contributed by atoms with Crippen LogP contribution in [0.3, 0.4) is 0 Å². The molecule has 0 aliphatic rings. The first-order valence-corrected chi connectivity index (χ1v) is 6.67. The number of aromatic nitrogens is 2. The number of hydrogen-bond donors (Lipinski definition) is 1. The third-order valence-corrected chi connectivity index (χ3v) is 2.91. The van der Waals surface area contributed by atoms with Crippen molar-refractivity contribution in [2.45, 2.75) is 19.4 Å². The minimum Gasteiger partial charge on any atom is -0.492 e. The highest BCUT2D eigenvalue weighted by atomic mass is 16.5. The summed E-state index contributed by atoms with van der Waals surface area (Å²) in [4.78, 5) is 0. The summed E-state index contributed by atoms with van der Waals surface area (Å²) in [6.07, 6.45) is 2.85. The second kappa shape index (κ2) is 6.95. The van der Waals surface area contributed by atoms with Crippen LogP contribution in [0.2, 0.25) is 0 Å². The Bertz CT molecular complexity index is 481. The van der Waals surface area contributed by atoms with Gasteiger partial charge in [-0.05, 0) is 24.7 Å². The second-order valence-corrected chi connectivity index (χ2v) is 4.56. The molecular weight excluding hydrogens is 238 g/mol. The predicted octanol–water partition coefficient (Wildman–Crippen LogP) is 2.02. The molecule has 0 fully saturated rings. The number of likely N-dealkylation sites (N-methyl/N-ethyl adjacent to an activating group) is 1. The van der Waals surface area contributed by atoms with E-state index in [9.17, 15) is 0 Å². The lowest BCUT2D eigenvalue weighted by atomic mass is 10.1. The van der Waals surface area contributed by atoms with Crippen molar-refractivity contribution in [3.05, 3.63) is 48.3 Å². The molecule has 1 aromatic carbocycles. The molecule has 0 bridgehead atoms. The van der Waals surface area contributed by atoms with Crippen LogP contribution in [0.15, 0.2) is 42.6 Å². The smallest absolute Gasteiger partial charge is 0.119 e. The zero-order valence-electron chi connectivity index (χ0n) is 11.5. The van der Waals surface area contributed by atoms with E-state index in [0.29, 0.717) is 6.61 Å². The molecule has 0 radical (unpaired) electrons. The van der Waals surface area contributed by atoms with Crippen molar-refractivity contribution in [2.24, 2.45) is 7.05 Å². The Balaban J connectivity index is 1.89. The van der Waals surface area contributed by atoms with Gasteiger partial charge in [-0.15, -0.1) is 0 Å². The number of nitrogens with one attached hydrogen (secondary N) is 1. The largest absolute Gasteiger partial charge is 0.492 e. The minimum atomic E-state index is 0.278. The Kier molecular flexibility index (Phi) is 4.98. The minimum absolute atomic E-state index is 0.278. The van der Waals surface area contributed by atoms with E-state index in [4.69, 9.17) is 4.74 Å². The maximum Gasteiger partial charge on any atom is 0.119 e. The van der Waals surface area contributed by atoms with Gasteiger partial charge < -0.3 is 10.1 Å². The molecule has 1 heterocycles. The lowest BCUT2D eigenvalue weighted by Crippen LogP contribution is -2.36.